The van der Waals surface area contributed by atoms with Crippen molar-refractivity contribution in [2.45, 2.75) is 0 Å². The standard InChI is InChI=1S/C10H7N3OSe/c1-3-14-9-8(1)11-6-12-10(9)13-7-2-4-15-5-7/h1-6H,(H,11,12,13). The van der Waals surface area contributed by atoms with Crippen LogP contribution in [0.1, 0.15) is 0 Å². The molecule has 3 aromatic heterocycles. The van der Waals surface area contributed by atoms with E-state index >= 15 is 0 Å². The van der Waals surface area contributed by atoms with E-state index in [1.807, 2.05) is 6.07 Å². The van der Waals surface area contributed by atoms with E-state index in [1.165, 1.54) is 6.33 Å². The molecule has 0 unspecified atom stereocenters. The van der Waals surface area contributed by atoms with Gasteiger partial charge in [-0.15, -0.1) is 0 Å². The summed E-state index contributed by atoms with van der Waals surface area (Å²) in [6.07, 6.45) is 3.15. The van der Waals surface area contributed by atoms with Crippen LogP contribution in [0.4, 0.5) is 11.5 Å². The van der Waals surface area contributed by atoms with Gasteiger partial charge in [-0.25, -0.2) is 0 Å². The SMILES string of the molecule is c1nc(Nc2cc[se]c2)c2occc2n1. The van der Waals surface area contributed by atoms with Gasteiger partial charge >= 0.3 is 91.4 Å². The quantitative estimate of drug-likeness (QED) is 0.719. The maximum atomic E-state index is 5.33. The second-order valence-electron chi connectivity index (χ2n) is 2.99. The van der Waals surface area contributed by atoms with E-state index in [2.05, 4.69) is 31.2 Å². The summed E-state index contributed by atoms with van der Waals surface area (Å²) < 4.78 is 5.33. The summed E-state index contributed by atoms with van der Waals surface area (Å²) in [6, 6.07) is 3.88. The minimum atomic E-state index is 0.470. The van der Waals surface area contributed by atoms with E-state index in [-0.39, 0.29) is 0 Å². The molecule has 0 aliphatic heterocycles. The number of nitrogens with zero attached hydrogens (tertiary/aromatic N) is 2. The van der Waals surface area contributed by atoms with Crippen LogP contribution in [0.5, 0.6) is 0 Å². The van der Waals surface area contributed by atoms with Gasteiger partial charge in [0.15, 0.2) is 0 Å². The Morgan fingerprint density at radius 1 is 1.27 bits per heavy atom. The summed E-state index contributed by atoms with van der Waals surface area (Å²) in [4.78, 5) is 12.6. The first-order valence-corrected chi connectivity index (χ1v) is 6.39. The number of furan rings is 1. The number of aromatic nitrogens is 2. The van der Waals surface area contributed by atoms with Crippen LogP contribution in [0.25, 0.3) is 11.1 Å². The van der Waals surface area contributed by atoms with Gasteiger partial charge in [0.25, 0.3) is 0 Å². The van der Waals surface area contributed by atoms with Crippen molar-refractivity contribution in [3.05, 3.63) is 34.6 Å². The molecule has 0 fully saturated rings. The van der Waals surface area contributed by atoms with Gasteiger partial charge in [-0.1, -0.05) is 0 Å². The Kier molecular flexibility index (Phi) is 2.05. The Hall–Kier alpha value is -1.58. The molecule has 3 heterocycles. The van der Waals surface area contributed by atoms with Crippen LogP contribution in [0.15, 0.2) is 39.0 Å². The molecule has 0 saturated heterocycles. The molecular formula is C10H7N3OSe. The molecule has 0 saturated carbocycles. The van der Waals surface area contributed by atoms with Gasteiger partial charge in [-0.2, -0.15) is 0 Å². The van der Waals surface area contributed by atoms with E-state index in [9.17, 15) is 0 Å². The van der Waals surface area contributed by atoms with Gasteiger partial charge in [0, 0.05) is 0 Å². The molecule has 0 radical (unpaired) electrons. The summed E-state index contributed by atoms with van der Waals surface area (Å²) in [7, 11) is 0. The van der Waals surface area contributed by atoms with Crippen molar-refractivity contribution in [3.63, 3.8) is 0 Å². The Morgan fingerprint density at radius 2 is 2.27 bits per heavy atom. The van der Waals surface area contributed by atoms with E-state index in [4.69, 9.17) is 4.42 Å². The van der Waals surface area contributed by atoms with Gasteiger partial charge < -0.3 is 0 Å². The molecule has 0 aliphatic rings. The van der Waals surface area contributed by atoms with Crippen molar-refractivity contribution in [3.8, 4) is 0 Å². The minimum absolute atomic E-state index is 0.470. The van der Waals surface area contributed by atoms with E-state index in [0.29, 0.717) is 20.1 Å². The predicted octanol–water partition coefficient (Wildman–Crippen LogP) is 2.02. The number of hydrogen-bond acceptors (Lipinski definition) is 4. The molecule has 3 aromatic rings. The summed E-state index contributed by atoms with van der Waals surface area (Å²) in [6.45, 7) is 0. The van der Waals surface area contributed by atoms with E-state index in [1.54, 1.807) is 6.26 Å². The summed E-state index contributed by atoms with van der Waals surface area (Å²) in [5.74, 6) is 0.721. The second-order valence-corrected chi connectivity index (χ2v) is 4.63. The fraction of sp³-hybridized carbons (Fsp3) is 0. The predicted molar refractivity (Wildman–Crippen MR) is 58.5 cm³/mol. The summed E-state index contributed by atoms with van der Waals surface area (Å²) in [5, 5.41) is 3.22. The van der Waals surface area contributed by atoms with E-state index in [0.717, 1.165) is 17.0 Å². The molecule has 3 rings (SSSR count). The number of fused-ring (bicyclic) bond motifs is 1. The Balaban J connectivity index is 2.07. The molecule has 0 aromatic carbocycles. The van der Waals surface area contributed by atoms with Crippen LogP contribution < -0.4 is 5.32 Å². The third kappa shape index (κ3) is 1.56. The number of hydrogen-bond donors (Lipinski definition) is 1. The summed E-state index contributed by atoms with van der Waals surface area (Å²) in [5.41, 5.74) is 2.60. The zero-order valence-corrected chi connectivity index (χ0v) is 9.39. The Morgan fingerprint density at radius 3 is 3.13 bits per heavy atom. The topological polar surface area (TPSA) is 51.0 Å². The van der Waals surface area contributed by atoms with Crippen LogP contribution in [0.2, 0.25) is 0 Å². The Bertz CT molecular complexity index is 573. The average molecular weight is 264 g/mol. The van der Waals surface area contributed by atoms with Crippen molar-refractivity contribution in [2.75, 3.05) is 5.32 Å². The second kappa shape index (κ2) is 3.53. The zero-order chi connectivity index (χ0) is 10.1. The van der Waals surface area contributed by atoms with Crippen molar-refractivity contribution < 1.29 is 4.42 Å². The molecule has 1 N–H and O–H groups in total. The fourth-order valence-corrected chi connectivity index (χ4v) is 2.58. The van der Waals surface area contributed by atoms with Crippen molar-refractivity contribution >= 4 is 37.1 Å². The monoisotopic (exact) mass is 265 g/mol. The third-order valence-corrected chi connectivity index (χ3v) is 3.46. The molecule has 0 aliphatic carbocycles. The number of anilines is 2. The van der Waals surface area contributed by atoms with Gasteiger partial charge in [0.05, 0.1) is 0 Å². The third-order valence-electron chi connectivity index (χ3n) is 2.03. The molecule has 4 nitrogen and oxygen atoms in total. The van der Waals surface area contributed by atoms with Crippen molar-refractivity contribution in [1.82, 2.24) is 9.97 Å². The van der Waals surface area contributed by atoms with Crippen molar-refractivity contribution in [1.29, 1.82) is 0 Å². The molecule has 0 atom stereocenters. The van der Waals surface area contributed by atoms with Crippen LogP contribution in [-0.4, -0.2) is 24.5 Å². The molecular weight excluding hydrogens is 257 g/mol. The van der Waals surface area contributed by atoms with E-state index < -0.39 is 0 Å². The molecule has 0 amide bonds. The van der Waals surface area contributed by atoms with Gasteiger partial charge in [0.1, 0.15) is 0 Å². The first kappa shape index (κ1) is 8.71. The number of rotatable bonds is 2. The van der Waals surface area contributed by atoms with Gasteiger partial charge in [-0.3, -0.25) is 0 Å². The normalized spacial score (nSPS) is 10.7. The molecule has 0 spiro atoms. The molecule has 15 heavy (non-hydrogen) atoms. The van der Waals surface area contributed by atoms with Crippen LogP contribution in [0.3, 0.4) is 0 Å². The fourth-order valence-electron chi connectivity index (χ4n) is 1.35. The van der Waals surface area contributed by atoms with Crippen LogP contribution in [0, 0.1) is 0 Å². The molecule has 0 bridgehead atoms. The summed E-state index contributed by atoms with van der Waals surface area (Å²) >= 11 is 0.470. The van der Waals surface area contributed by atoms with Gasteiger partial charge in [0.2, 0.25) is 0 Å². The first-order chi connectivity index (χ1) is 7.43. The van der Waals surface area contributed by atoms with Crippen LogP contribution >= 0.6 is 0 Å². The zero-order valence-electron chi connectivity index (χ0n) is 7.68. The van der Waals surface area contributed by atoms with Crippen LogP contribution in [-0.2, 0) is 0 Å². The molecule has 5 heteroatoms. The molecule has 74 valence electrons. The van der Waals surface area contributed by atoms with Gasteiger partial charge in [-0.05, 0) is 0 Å². The first-order valence-electron chi connectivity index (χ1n) is 4.41. The average Bonchev–Trinajstić information content (AvgIpc) is 2.87. The Labute approximate surface area is 91.7 Å². The maximum absolute atomic E-state index is 5.33. The number of nitrogens with one attached hydrogen (secondary N) is 1. The van der Waals surface area contributed by atoms with Crippen molar-refractivity contribution in [2.24, 2.45) is 0 Å².